The van der Waals surface area contributed by atoms with Crippen molar-refractivity contribution >= 4 is 38.9 Å². The van der Waals surface area contributed by atoms with Crippen LogP contribution in [0.25, 0.3) is 21.8 Å². The van der Waals surface area contributed by atoms with E-state index in [2.05, 4.69) is 209 Å². The molecule has 2 nitrogen and oxygen atoms in total. The summed E-state index contributed by atoms with van der Waals surface area (Å²) in [4.78, 5) is 2.54. The summed E-state index contributed by atoms with van der Waals surface area (Å²) in [6.45, 7) is 30.9. The molecule has 0 radical (unpaired) electrons. The highest BCUT2D eigenvalue weighted by Crippen LogP contribution is 2.54. The van der Waals surface area contributed by atoms with Gasteiger partial charge in [0.25, 0.3) is 0 Å². The van der Waals surface area contributed by atoms with Gasteiger partial charge in [0.15, 0.2) is 0 Å². The van der Waals surface area contributed by atoms with Crippen molar-refractivity contribution in [1.29, 1.82) is 0 Å². The third-order valence-electron chi connectivity index (χ3n) is 12.8. The first kappa shape index (κ1) is 37.8. The van der Waals surface area contributed by atoms with Crippen molar-refractivity contribution < 1.29 is 0 Å². The van der Waals surface area contributed by atoms with Gasteiger partial charge in [0.05, 0.1) is 11.4 Å². The fourth-order valence-corrected chi connectivity index (χ4v) is 9.54. The summed E-state index contributed by atoms with van der Waals surface area (Å²) in [5.74, 6) is 0.126. The lowest BCUT2D eigenvalue weighted by Gasteiger charge is -2.43. The molecule has 6 aromatic carbocycles. The first-order valence-electron chi connectivity index (χ1n) is 20.7. The van der Waals surface area contributed by atoms with Crippen LogP contribution in [-0.4, -0.2) is 4.57 Å². The summed E-state index contributed by atoms with van der Waals surface area (Å²) in [7, 11) is 0. The molecule has 0 spiro atoms. The largest absolute Gasteiger partial charge is 0.341 e. The number of hydrogen-bond acceptors (Lipinski definition) is 1. The highest BCUT2D eigenvalue weighted by atomic mass is 15.2. The molecule has 0 unspecified atom stereocenters. The lowest BCUT2D eigenvalue weighted by Crippen LogP contribution is -2.32. The second kappa shape index (κ2) is 13.3. The molecule has 0 N–H and O–H groups in total. The van der Waals surface area contributed by atoms with E-state index in [1.54, 1.807) is 0 Å². The minimum absolute atomic E-state index is 0.0498. The van der Waals surface area contributed by atoms with Crippen LogP contribution < -0.4 is 4.90 Å². The van der Waals surface area contributed by atoms with Crippen LogP contribution in [0, 0.1) is 27.7 Å². The van der Waals surface area contributed by atoms with Gasteiger partial charge in [-0.15, -0.1) is 0 Å². The highest BCUT2D eigenvalue weighted by Gasteiger charge is 2.39. The molecular formula is C54H60N2. The highest BCUT2D eigenvalue weighted by molar-refractivity contribution is 6.10. The van der Waals surface area contributed by atoms with E-state index in [0.29, 0.717) is 0 Å². The number of fused-ring (bicyclic) bond motifs is 5. The Bertz CT molecular complexity index is 2550. The molecule has 1 aliphatic heterocycles. The lowest BCUT2D eigenvalue weighted by molar-refractivity contribution is 0.573. The van der Waals surface area contributed by atoms with Crippen LogP contribution in [0.1, 0.15) is 129 Å². The third kappa shape index (κ3) is 6.17. The lowest BCUT2D eigenvalue weighted by atomic mass is 9.70. The average molecular weight is 737 g/mol. The Hall–Kier alpha value is -5.08. The van der Waals surface area contributed by atoms with Crippen LogP contribution in [0.4, 0.5) is 17.1 Å². The smallest absolute Gasteiger partial charge is 0.0502 e. The summed E-state index contributed by atoms with van der Waals surface area (Å²) in [5, 5.41) is 2.61. The second-order valence-electron chi connectivity index (χ2n) is 19.3. The number of rotatable bonds is 5. The van der Waals surface area contributed by atoms with Crippen LogP contribution in [0.15, 0.2) is 109 Å². The normalized spacial score (nSPS) is 14.1. The van der Waals surface area contributed by atoms with E-state index in [9.17, 15) is 0 Å². The summed E-state index contributed by atoms with van der Waals surface area (Å²) < 4.78 is 2.49. The molecule has 286 valence electrons. The first-order chi connectivity index (χ1) is 26.4. The molecule has 0 bridgehead atoms. The van der Waals surface area contributed by atoms with Crippen LogP contribution in [0.3, 0.4) is 0 Å². The molecule has 0 atom stereocenters. The Balaban J connectivity index is 1.38. The molecule has 8 rings (SSSR count). The fourth-order valence-electron chi connectivity index (χ4n) is 9.54. The van der Waals surface area contributed by atoms with E-state index in [-0.39, 0.29) is 22.2 Å². The van der Waals surface area contributed by atoms with Gasteiger partial charge in [-0.2, -0.15) is 0 Å². The van der Waals surface area contributed by atoms with Crippen molar-refractivity contribution in [2.45, 2.75) is 119 Å². The van der Waals surface area contributed by atoms with E-state index in [1.807, 2.05) is 0 Å². The number of aryl methyl sites for hydroxylation is 5. The van der Waals surface area contributed by atoms with Gasteiger partial charge in [0.1, 0.15) is 0 Å². The van der Waals surface area contributed by atoms with E-state index in [0.717, 1.165) is 6.54 Å². The number of hydrogen-bond donors (Lipinski definition) is 0. The number of aromatic nitrogens is 1. The van der Waals surface area contributed by atoms with Gasteiger partial charge >= 0.3 is 0 Å². The Labute approximate surface area is 336 Å². The van der Waals surface area contributed by atoms with Crippen molar-refractivity contribution in [3.05, 3.63) is 170 Å². The van der Waals surface area contributed by atoms with Gasteiger partial charge in [-0.3, -0.25) is 0 Å². The zero-order valence-electron chi connectivity index (χ0n) is 36.1. The monoisotopic (exact) mass is 736 g/mol. The molecule has 7 aromatic rings. The van der Waals surface area contributed by atoms with Crippen molar-refractivity contribution in [3.8, 4) is 0 Å². The predicted molar refractivity (Wildman–Crippen MR) is 242 cm³/mol. The number of nitrogens with zero attached hydrogens (tertiary/aromatic N) is 2. The fraction of sp³-hybridized carbons (Fsp3) is 0.333. The van der Waals surface area contributed by atoms with Crippen molar-refractivity contribution in [2.75, 3.05) is 4.90 Å². The molecule has 1 aliphatic rings. The minimum Gasteiger partial charge on any atom is -0.341 e. The quantitative estimate of drug-likeness (QED) is 0.160. The van der Waals surface area contributed by atoms with E-state index >= 15 is 0 Å². The van der Waals surface area contributed by atoms with Gasteiger partial charge in [-0.1, -0.05) is 133 Å². The summed E-state index contributed by atoms with van der Waals surface area (Å²) >= 11 is 0. The molecule has 2 heteroatoms. The predicted octanol–water partition coefficient (Wildman–Crippen LogP) is 14.9. The Kier molecular flexibility index (Phi) is 8.96. The number of benzene rings is 6. The molecule has 1 aromatic heterocycles. The summed E-state index contributed by atoms with van der Waals surface area (Å²) in [6, 6.07) is 42.8. The van der Waals surface area contributed by atoms with E-state index < -0.39 is 0 Å². The van der Waals surface area contributed by atoms with Crippen LogP contribution in [-0.2, 0) is 22.8 Å². The van der Waals surface area contributed by atoms with Gasteiger partial charge in [-0.05, 0) is 138 Å². The van der Waals surface area contributed by atoms with Gasteiger partial charge in [-0.25, -0.2) is 0 Å². The molecule has 0 fully saturated rings. The van der Waals surface area contributed by atoms with Gasteiger partial charge in [0, 0.05) is 45.4 Å². The topological polar surface area (TPSA) is 8.17 Å². The Morgan fingerprint density at radius 3 is 1.48 bits per heavy atom. The van der Waals surface area contributed by atoms with Crippen molar-refractivity contribution in [1.82, 2.24) is 4.57 Å². The van der Waals surface area contributed by atoms with Crippen LogP contribution in [0.2, 0.25) is 0 Å². The molecular weight excluding hydrogens is 677 g/mol. The van der Waals surface area contributed by atoms with Crippen LogP contribution in [0.5, 0.6) is 0 Å². The summed E-state index contributed by atoms with van der Waals surface area (Å²) in [6.07, 6.45) is 0. The van der Waals surface area contributed by atoms with Crippen molar-refractivity contribution in [3.63, 3.8) is 0 Å². The van der Waals surface area contributed by atoms with E-state index in [4.69, 9.17) is 0 Å². The minimum atomic E-state index is -0.168. The van der Waals surface area contributed by atoms with Crippen molar-refractivity contribution in [2.24, 2.45) is 0 Å². The zero-order valence-corrected chi connectivity index (χ0v) is 36.1. The SMILES string of the molecule is CCn1c2ccc(C(c3ccc(C)cc3C)c3ccc(C)cc3C)cc2c2cc(N3c4ccc(C(C)(C)C)cc4C(C)(C)c4cc(C(C)(C)C)ccc43)ccc21. The second-order valence-corrected chi connectivity index (χ2v) is 19.3. The molecule has 2 heterocycles. The maximum absolute atomic E-state index is 2.54. The zero-order chi connectivity index (χ0) is 40.1. The van der Waals surface area contributed by atoms with E-state index in [1.165, 1.54) is 100 Å². The Morgan fingerprint density at radius 1 is 0.536 bits per heavy atom. The Morgan fingerprint density at radius 2 is 1.02 bits per heavy atom. The molecule has 0 aliphatic carbocycles. The summed E-state index contributed by atoms with van der Waals surface area (Å²) in [5.41, 5.74) is 21.1. The number of anilines is 3. The van der Waals surface area contributed by atoms with Gasteiger partial charge < -0.3 is 9.47 Å². The maximum Gasteiger partial charge on any atom is 0.0502 e. The maximum atomic E-state index is 2.54. The molecule has 0 amide bonds. The standard InChI is InChI=1S/C54H60N2/c1-14-55-47-23-17-37(51(41-21-15-33(2)27-35(41)4)42-22-16-34(3)28-36(42)5)29-43(47)44-32-40(20-26-48(44)55)56-49-24-18-38(52(6,7)8)30-45(49)54(12,13)46-31-39(53(9,10)11)19-25-50(46)56/h15-32,51H,14H2,1-13H3. The van der Waals surface area contributed by atoms with Gasteiger partial charge in [0.2, 0.25) is 0 Å². The third-order valence-corrected chi connectivity index (χ3v) is 12.8. The molecule has 0 saturated heterocycles. The first-order valence-corrected chi connectivity index (χ1v) is 20.7. The average Bonchev–Trinajstić information content (AvgIpc) is 3.44. The van der Waals surface area contributed by atoms with Crippen LogP contribution >= 0.6 is 0 Å². The molecule has 0 saturated carbocycles. The molecule has 56 heavy (non-hydrogen) atoms.